The first-order chi connectivity index (χ1) is 4.62. The van der Waals surface area contributed by atoms with Gasteiger partial charge in [0, 0.05) is 17.9 Å². The lowest BCUT2D eigenvalue weighted by atomic mass is 9.97. The molecule has 3 atom stereocenters. The Bertz CT molecular complexity index is 158. The third kappa shape index (κ3) is 0.698. The van der Waals surface area contributed by atoms with Crippen LogP contribution in [0.15, 0.2) is 0 Å². The van der Waals surface area contributed by atoms with Gasteiger partial charge < -0.3 is 5.73 Å². The molecule has 2 N–H and O–H groups in total. The minimum absolute atomic E-state index is 0.0367. The summed E-state index contributed by atoms with van der Waals surface area (Å²) < 4.78 is 25.2. The van der Waals surface area contributed by atoms with Crippen LogP contribution in [-0.2, 0) is 0 Å². The fraction of sp³-hybridized carbons (Fsp3) is 1.00. The molecule has 2 aliphatic carbocycles. The van der Waals surface area contributed by atoms with Crippen molar-refractivity contribution in [2.24, 2.45) is 17.6 Å². The van der Waals surface area contributed by atoms with Gasteiger partial charge in [-0.15, -0.1) is 0 Å². The molecule has 0 heterocycles. The summed E-state index contributed by atoms with van der Waals surface area (Å²) in [4.78, 5) is 0. The summed E-state index contributed by atoms with van der Waals surface area (Å²) in [7, 11) is 0. The maximum atomic E-state index is 12.6. The fourth-order valence-corrected chi connectivity index (χ4v) is 2.01. The number of alkyl halides is 2. The molecule has 2 saturated carbocycles. The first kappa shape index (κ1) is 6.53. The van der Waals surface area contributed by atoms with Crippen molar-refractivity contribution in [2.45, 2.75) is 31.2 Å². The lowest BCUT2D eigenvalue weighted by Crippen LogP contribution is -2.23. The number of hydrogen-bond donors (Lipinski definition) is 1. The minimum atomic E-state index is -2.35. The summed E-state index contributed by atoms with van der Waals surface area (Å²) in [6.07, 6.45) is 1.97. The van der Waals surface area contributed by atoms with E-state index in [0.29, 0.717) is 12.8 Å². The molecule has 58 valence electrons. The van der Waals surface area contributed by atoms with Crippen LogP contribution in [0.1, 0.15) is 19.3 Å². The third-order valence-corrected chi connectivity index (χ3v) is 2.77. The standard InChI is InChI=1S/C7H11F2N/c8-7(9)5-2-1-4(10)3-6(5)7/h4-6H,1-3,10H2/t4-,5-,6+/m0/s1. The van der Waals surface area contributed by atoms with Crippen molar-refractivity contribution in [3.8, 4) is 0 Å². The van der Waals surface area contributed by atoms with Gasteiger partial charge in [-0.3, -0.25) is 0 Å². The second kappa shape index (κ2) is 1.70. The highest BCUT2D eigenvalue weighted by molar-refractivity contribution is 5.08. The Morgan fingerprint density at radius 1 is 1.20 bits per heavy atom. The topological polar surface area (TPSA) is 26.0 Å². The lowest BCUT2D eigenvalue weighted by molar-refractivity contribution is 0.0848. The van der Waals surface area contributed by atoms with Crippen molar-refractivity contribution in [2.75, 3.05) is 0 Å². The summed E-state index contributed by atoms with van der Waals surface area (Å²) in [6.45, 7) is 0. The molecule has 10 heavy (non-hydrogen) atoms. The van der Waals surface area contributed by atoms with Crippen molar-refractivity contribution < 1.29 is 8.78 Å². The summed E-state index contributed by atoms with van der Waals surface area (Å²) in [5, 5.41) is 0. The molecule has 2 fully saturated rings. The smallest absolute Gasteiger partial charge is 0.254 e. The van der Waals surface area contributed by atoms with Gasteiger partial charge in [0.05, 0.1) is 0 Å². The van der Waals surface area contributed by atoms with Crippen LogP contribution in [0.4, 0.5) is 8.78 Å². The fourth-order valence-electron chi connectivity index (χ4n) is 2.01. The van der Waals surface area contributed by atoms with Crippen molar-refractivity contribution in [1.82, 2.24) is 0 Å². The predicted molar refractivity (Wildman–Crippen MR) is 33.8 cm³/mol. The summed E-state index contributed by atoms with van der Waals surface area (Å²) in [6, 6.07) is 0.0367. The van der Waals surface area contributed by atoms with Crippen LogP contribution < -0.4 is 5.73 Å². The second-order valence-electron chi connectivity index (χ2n) is 3.46. The molecule has 3 heteroatoms. The molecule has 0 aromatic carbocycles. The van der Waals surface area contributed by atoms with Crippen LogP contribution in [0, 0.1) is 11.8 Å². The van der Waals surface area contributed by atoms with Crippen molar-refractivity contribution >= 4 is 0 Å². The molecule has 0 amide bonds. The summed E-state index contributed by atoms with van der Waals surface area (Å²) >= 11 is 0. The number of nitrogens with two attached hydrogens (primary N) is 1. The Kier molecular flexibility index (Phi) is 1.11. The Labute approximate surface area is 58.6 Å². The molecule has 0 bridgehead atoms. The van der Waals surface area contributed by atoms with E-state index in [1.54, 1.807) is 0 Å². The molecule has 2 rings (SSSR count). The van der Waals surface area contributed by atoms with Gasteiger partial charge in [-0.05, 0) is 19.3 Å². The number of hydrogen-bond acceptors (Lipinski definition) is 1. The Hall–Kier alpha value is -0.180. The van der Waals surface area contributed by atoms with Crippen LogP contribution in [0.25, 0.3) is 0 Å². The zero-order valence-corrected chi connectivity index (χ0v) is 5.69. The van der Waals surface area contributed by atoms with Gasteiger partial charge >= 0.3 is 0 Å². The quantitative estimate of drug-likeness (QED) is 0.550. The lowest BCUT2D eigenvalue weighted by Gasteiger charge is -2.13. The van der Waals surface area contributed by atoms with Gasteiger partial charge in [-0.1, -0.05) is 0 Å². The predicted octanol–water partition coefficient (Wildman–Crippen LogP) is 1.38. The first-order valence-corrected chi connectivity index (χ1v) is 3.75. The van der Waals surface area contributed by atoms with E-state index < -0.39 is 5.92 Å². The molecule has 1 nitrogen and oxygen atoms in total. The number of halogens is 2. The molecule has 0 unspecified atom stereocenters. The normalized spacial score (nSPS) is 50.1. The van der Waals surface area contributed by atoms with E-state index in [4.69, 9.17) is 5.73 Å². The van der Waals surface area contributed by atoms with E-state index in [9.17, 15) is 8.78 Å². The highest BCUT2D eigenvalue weighted by Gasteiger charge is 2.68. The van der Waals surface area contributed by atoms with Gasteiger partial charge in [0.25, 0.3) is 5.92 Å². The van der Waals surface area contributed by atoms with E-state index in [2.05, 4.69) is 0 Å². The Morgan fingerprint density at radius 3 is 2.40 bits per heavy atom. The van der Waals surface area contributed by atoms with Crippen molar-refractivity contribution in [1.29, 1.82) is 0 Å². The number of rotatable bonds is 0. The van der Waals surface area contributed by atoms with Gasteiger partial charge in [-0.2, -0.15) is 0 Å². The van der Waals surface area contributed by atoms with Gasteiger partial charge in [-0.25, -0.2) is 8.78 Å². The summed E-state index contributed by atoms with van der Waals surface area (Å²) in [5.74, 6) is -3.03. The molecular formula is C7H11F2N. The molecule has 0 spiro atoms. The monoisotopic (exact) mass is 147 g/mol. The molecule has 0 saturated heterocycles. The average molecular weight is 147 g/mol. The van der Waals surface area contributed by atoms with E-state index in [1.165, 1.54) is 0 Å². The molecule has 0 aromatic heterocycles. The average Bonchev–Trinajstić information content (AvgIpc) is 2.36. The number of fused-ring (bicyclic) bond motifs is 1. The largest absolute Gasteiger partial charge is 0.328 e. The SMILES string of the molecule is N[C@H]1CC[C@H]2[C@@H](C1)C2(F)F. The Morgan fingerprint density at radius 2 is 1.90 bits per heavy atom. The second-order valence-corrected chi connectivity index (χ2v) is 3.46. The van der Waals surface area contributed by atoms with Crippen molar-refractivity contribution in [3.05, 3.63) is 0 Å². The van der Waals surface area contributed by atoms with Crippen LogP contribution in [-0.4, -0.2) is 12.0 Å². The maximum absolute atomic E-state index is 12.6. The van der Waals surface area contributed by atoms with Crippen LogP contribution in [0.3, 0.4) is 0 Å². The van der Waals surface area contributed by atoms with Crippen LogP contribution in [0.2, 0.25) is 0 Å². The van der Waals surface area contributed by atoms with Gasteiger partial charge in [0.1, 0.15) is 0 Å². The highest BCUT2D eigenvalue weighted by atomic mass is 19.3. The van der Waals surface area contributed by atoms with E-state index in [0.717, 1.165) is 6.42 Å². The van der Waals surface area contributed by atoms with Gasteiger partial charge in [0.2, 0.25) is 0 Å². The highest BCUT2D eigenvalue weighted by Crippen LogP contribution is 2.61. The zero-order chi connectivity index (χ0) is 7.35. The Balaban J connectivity index is 2.04. The van der Waals surface area contributed by atoms with E-state index >= 15 is 0 Å². The van der Waals surface area contributed by atoms with E-state index in [-0.39, 0.29) is 17.9 Å². The molecular weight excluding hydrogens is 136 g/mol. The van der Waals surface area contributed by atoms with Gasteiger partial charge in [0.15, 0.2) is 0 Å². The minimum Gasteiger partial charge on any atom is -0.328 e. The first-order valence-electron chi connectivity index (χ1n) is 3.75. The molecule has 0 radical (unpaired) electrons. The molecule has 0 aromatic rings. The van der Waals surface area contributed by atoms with Crippen LogP contribution >= 0.6 is 0 Å². The van der Waals surface area contributed by atoms with Crippen molar-refractivity contribution in [3.63, 3.8) is 0 Å². The van der Waals surface area contributed by atoms with Crippen LogP contribution in [0.5, 0.6) is 0 Å². The molecule has 2 aliphatic rings. The van der Waals surface area contributed by atoms with E-state index in [1.807, 2.05) is 0 Å². The summed E-state index contributed by atoms with van der Waals surface area (Å²) in [5.41, 5.74) is 5.54. The third-order valence-electron chi connectivity index (χ3n) is 2.77. The maximum Gasteiger partial charge on any atom is 0.254 e. The molecule has 0 aliphatic heterocycles. The zero-order valence-electron chi connectivity index (χ0n) is 5.69.